The maximum absolute atomic E-state index is 11.3. The molecule has 0 aliphatic heterocycles. The third kappa shape index (κ3) is 7.21. The minimum atomic E-state index is -0.412. The van der Waals surface area contributed by atoms with Crippen LogP contribution in [0.2, 0.25) is 0 Å². The van der Waals surface area contributed by atoms with Gasteiger partial charge in [-0.1, -0.05) is 6.92 Å². The van der Waals surface area contributed by atoms with Crippen LogP contribution in [0, 0.1) is 11.8 Å². The van der Waals surface area contributed by atoms with Crippen molar-refractivity contribution >= 4 is 6.09 Å². The van der Waals surface area contributed by atoms with Gasteiger partial charge in [-0.25, -0.2) is 4.79 Å². The first-order chi connectivity index (χ1) is 7.88. The van der Waals surface area contributed by atoms with Gasteiger partial charge in [0.15, 0.2) is 0 Å². The zero-order valence-electron chi connectivity index (χ0n) is 11.5. The number of hydrogen-bond donors (Lipinski definition) is 2. The zero-order valence-corrected chi connectivity index (χ0v) is 11.5. The number of rotatable bonds is 6. The van der Waals surface area contributed by atoms with Crippen molar-refractivity contribution in [3.8, 4) is 0 Å². The molecular weight excluding hydrogens is 216 g/mol. The maximum Gasteiger partial charge on any atom is 0.407 e. The van der Waals surface area contributed by atoms with Crippen molar-refractivity contribution in [3.05, 3.63) is 0 Å². The van der Waals surface area contributed by atoms with E-state index >= 15 is 0 Å². The second-order valence-electron chi connectivity index (χ2n) is 5.96. The Hall–Kier alpha value is -0.770. The Kier molecular flexibility index (Phi) is 5.25. The molecule has 0 heterocycles. The van der Waals surface area contributed by atoms with Crippen molar-refractivity contribution in [1.29, 1.82) is 0 Å². The molecule has 0 aromatic carbocycles. The lowest BCUT2D eigenvalue weighted by Crippen LogP contribution is -2.34. The number of carbonyl (C=O) groups excluding carboxylic acids is 1. The molecule has 1 aliphatic carbocycles. The van der Waals surface area contributed by atoms with Gasteiger partial charge < -0.3 is 15.4 Å². The lowest BCUT2D eigenvalue weighted by Gasteiger charge is -2.19. The Morgan fingerprint density at radius 1 is 1.35 bits per heavy atom. The molecule has 1 amide bonds. The van der Waals surface area contributed by atoms with E-state index < -0.39 is 5.60 Å². The number of nitrogens with one attached hydrogen (secondary N) is 2. The molecule has 0 aromatic heterocycles. The Morgan fingerprint density at radius 3 is 2.53 bits per heavy atom. The number of ether oxygens (including phenoxy) is 1. The zero-order chi connectivity index (χ0) is 12.9. The SMILES string of the molecule is CC1CC1CNCCCNC(=O)OC(C)(C)C. The second kappa shape index (κ2) is 6.24. The van der Waals surface area contributed by atoms with E-state index in [9.17, 15) is 4.79 Å². The van der Waals surface area contributed by atoms with Gasteiger partial charge in [-0.15, -0.1) is 0 Å². The van der Waals surface area contributed by atoms with Crippen LogP contribution in [0.3, 0.4) is 0 Å². The summed E-state index contributed by atoms with van der Waals surface area (Å²) in [6.45, 7) is 10.6. The van der Waals surface area contributed by atoms with Crippen molar-refractivity contribution in [3.63, 3.8) is 0 Å². The van der Waals surface area contributed by atoms with E-state index in [1.165, 1.54) is 6.42 Å². The summed E-state index contributed by atoms with van der Waals surface area (Å²) in [5, 5.41) is 6.16. The summed E-state index contributed by atoms with van der Waals surface area (Å²) in [6, 6.07) is 0. The Bertz CT molecular complexity index is 248. The molecule has 4 heteroatoms. The van der Waals surface area contributed by atoms with Crippen LogP contribution in [-0.2, 0) is 4.74 Å². The monoisotopic (exact) mass is 242 g/mol. The molecule has 0 bridgehead atoms. The molecule has 2 unspecified atom stereocenters. The Labute approximate surface area is 104 Å². The summed E-state index contributed by atoms with van der Waals surface area (Å²) in [7, 11) is 0. The van der Waals surface area contributed by atoms with Crippen LogP contribution in [-0.4, -0.2) is 31.3 Å². The lowest BCUT2D eigenvalue weighted by atomic mass is 10.2. The molecule has 4 nitrogen and oxygen atoms in total. The van der Waals surface area contributed by atoms with Crippen LogP contribution in [0.5, 0.6) is 0 Å². The van der Waals surface area contributed by atoms with E-state index in [-0.39, 0.29) is 6.09 Å². The van der Waals surface area contributed by atoms with Crippen molar-refractivity contribution in [2.75, 3.05) is 19.6 Å². The lowest BCUT2D eigenvalue weighted by molar-refractivity contribution is 0.0527. The van der Waals surface area contributed by atoms with E-state index in [1.807, 2.05) is 20.8 Å². The maximum atomic E-state index is 11.3. The fourth-order valence-electron chi connectivity index (χ4n) is 1.69. The highest BCUT2D eigenvalue weighted by Crippen LogP contribution is 2.36. The second-order valence-corrected chi connectivity index (χ2v) is 5.96. The molecule has 2 N–H and O–H groups in total. The van der Waals surface area contributed by atoms with Crippen molar-refractivity contribution in [2.45, 2.75) is 46.1 Å². The highest BCUT2D eigenvalue weighted by atomic mass is 16.6. The van der Waals surface area contributed by atoms with Crippen LogP contribution in [0.15, 0.2) is 0 Å². The number of carbonyl (C=O) groups is 1. The molecule has 0 spiro atoms. The van der Waals surface area contributed by atoms with Crippen LogP contribution in [0.1, 0.15) is 40.5 Å². The van der Waals surface area contributed by atoms with Crippen molar-refractivity contribution < 1.29 is 9.53 Å². The van der Waals surface area contributed by atoms with Crippen LogP contribution in [0.25, 0.3) is 0 Å². The first-order valence-corrected chi connectivity index (χ1v) is 6.56. The molecule has 0 radical (unpaired) electrons. The quantitative estimate of drug-likeness (QED) is 0.702. The average molecular weight is 242 g/mol. The highest BCUT2D eigenvalue weighted by molar-refractivity contribution is 5.67. The van der Waals surface area contributed by atoms with Gasteiger partial charge >= 0.3 is 6.09 Å². The highest BCUT2D eigenvalue weighted by Gasteiger charge is 2.31. The van der Waals surface area contributed by atoms with E-state index in [0.29, 0.717) is 6.54 Å². The van der Waals surface area contributed by atoms with E-state index in [1.54, 1.807) is 0 Å². The van der Waals surface area contributed by atoms with E-state index in [0.717, 1.165) is 31.3 Å². The number of hydrogen-bond acceptors (Lipinski definition) is 3. The largest absolute Gasteiger partial charge is 0.444 e. The fourth-order valence-corrected chi connectivity index (χ4v) is 1.69. The minimum absolute atomic E-state index is 0.326. The molecule has 17 heavy (non-hydrogen) atoms. The number of alkyl carbamates (subject to hydrolysis) is 1. The Morgan fingerprint density at radius 2 is 2.00 bits per heavy atom. The van der Waals surface area contributed by atoms with Crippen LogP contribution in [0.4, 0.5) is 4.79 Å². The molecule has 1 fully saturated rings. The smallest absolute Gasteiger partial charge is 0.407 e. The van der Waals surface area contributed by atoms with Gasteiger partial charge in [0.2, 0.25) is 0 Å². The third-order valence-corrected chi connectivity index (χ3v) is 2.88. The normalized spacial score (nSPS) is 23.3. The van der Waals surface area contributed by atoms with Gasteiger partial charge in [0.05, 0.1) is 0 Å². The summed E-state index contributed by atoms with van der Waals surface area (Å²) in [5.41, 5.74) is -0.412. The number of amides is 1. The van der Waals surface area contributed by atoms with Crippen molar-refractivity contribution in [1.82, 2.24) is 10.6 Å². The third-order valence-electron chi connectivity index (χ3n) is 2.88. The summed E-state index contributed by atoms with van der Waals surface area (Å²) >= 11 is 0. The molecule has 2 atom stereocenters. The molecule has 100 valence electrons. The standard InChI is InChI=1S/C13H26N2O2/c1-10-8-11(10)9-14-6-5-7-15-12(16)17-13(2,3)4/h10-11,14H,5-9H2,1-4H3,(H,15,16). The average Bonchev–Trinajstić information content (AvgIpc) is 2.85. The molecule has 0 saturated heterocycles. The van der Waals surface area contributed by atoms with Gasteiger partial charge in [0.25, 0.3) is 0 Å². The topological polar surface area (TPSA) is 50.4 Å². The summed E-state index contributed by atoms with van der Waals surface area (Å²) in [4.78, 5) is 11.3. The van der Waals surface area contributed by atoms with Gasteiger partial charge in [-0.2, -0.15) is 0 Å². The summed E-state index contributed by atoms with van der Waals surface area (Å²) in [6.07, 6.45) is 1.98. The van der Waals surface area contributed by atoms with Gasteiger partial charge in [0.1, 0.15) is 5.60 Å². The minimum Gasteiger partial charge on any atom is -0.444 e. The van der Waals surface area contributed by atoms with Crippen LogP contribution >= 0.6 is 0 Å². The molecular formula is C13H26N2O2. The Balaban J connectivity index is 1.88. The van der Waals surface area contributed by atoms with Gasteiger partial charge in [0, 0.05) is 6.54 Å². The molecule has 1 aliphatic rings. The van der Waals surface area contributed by atoms with Crippen molar-refractivity contribution in [2.24, 2.45) is 11.8 Å². The van der Waals surface area contributed by atoms with E-state index in [4.69, 9.17) is 4.74 Å². The van der Waals surface area contributed by atoms with Gasteiger partial charge in [-0.05, 0) is 58.5 Å². The first-order valence-electron chi connectivity index (χ1n) is 6.56. The van der Waals surface area contributed by atoms with Crippen LogP contribution < -0.4 is 10.6 Å². The predicted octanol–water partition coefficient (Wildman–Crippen LogP) is 2.15. The summed E-state index contributed by atoms with van der Waals surface area (Å²) < 4.78 is 5.14. The predicted molar refractivity (Wildman–Crippen MR) is 69.0 cm³/mol. The van der Waals surface area contributed by atoms with Gasteiger partial charge in [-0.3, -0.25) is 0 Å². The van der Waals surface area contributed by atoms with E-state index in [2.05, 4.69) is 17.6 Å². The molecule has 0 aromatic rings. The summed E-state index contributed by atoms with van der Waals surface area (Å²) in [5.74, 6) is 1.79. The molecule has 1 saturated carbocycles. The first kappa shape index (κ1) is 14.3. The molecule has 1 rings (SSSR count). The fraction of sp³-hybridized carbons (Fsp3) is 0.923.